The van der Waals surface area contributed by atoms with Crippen molar-refractivity contribution in [2.24, 2.45) is 0 Å². The molecule has 1 aromatic rings. The second-order valence-corrected chi connectivity index (χ2v) is 4.72. The van der Waals surface area contributed by atoms with Gasteiger partial charge in [0.05, 0.1) is 13.1 Å². The Labute approximate surface area is 115 Å². The minimum absolute atomic E-state index is 0.0200. The third-order valence-corrected chi connectivity index (χ3v) is 2.58. The molecule has 4 nitrogen and oxygen atoms in total. The number of hydrogen-bond donors (Lipinski definition) is 1. The summed E-state index contributed by atoms with van der Waals surface area (Å²) < 4.78 is 37.6. The molecule has 1 N–H and O–H groups in total. The molecule has 0 heterocycles. The molecule has 0 aliphatic rings. The number of benzene rings is 1. The van der Waals surface area contributed by atoms with E-state index in [0.29, 0.717) is 5.56 Å². The van der Waals surface area contributed by atoms with E-state index in [1.807, 2.05) is 0 Å². The van der Waals surface area contributed by atoms with E-state index < -0.39 is 18.6 Å². The lowest BCUT2D eigenvalue weighted by atomic mass is 10.2. The molecule has 0 saturated heterocycles. The van der Waals surface area contributed by atoms with Gasteiger partial charge >= 0.3 is 6.18 Å². The summed E-state index contributed by atoms with van der Waals surface area (Å²) in [5.74, 6) is -0.428. The highest BCUT2D eigenvalue weighted by molar-refractivity contribution is 5.77. The van der Waals surface area contributed by atoms with Crippen LogP contribution < -0.4 is 0 Å². The highest BCUT2D eigenvalue weighted by Gasteiger charge is 2.31. The maximum absolute atomic E-state index is 12.5. The van der Waals surface area contributed by atoms with Crippen molar-refractivity contribution in [3.05, 3.63) is 29.8 Å². The summed E-state index contributed by atoms with van der Waals surface area (Å²) in [6, 6.07) is 5.96. The highest BCUT2D eigenvalue weighted by atomic mass is 19.4. The van der Waals surface area contributed by atoms with Crippen LogP contribution in [0.25, 0.3) is 0 Å². The maximum Gasteiger partial charge on any atom is 0.401 e. The van der Waals surface area contributed by atoms with Crippen LogP contribution in [0.1, 0.15) is 5.56 Å². The first kappa shape index (κ1) is 16.3. The van der Waals surface area contributed by atoms with Crippen molar-refractivity contribution in [2.45, 2.75) is 12.7 Å². The first-order valence-electron chi connectivity index (χ1n) is 5.94. The largest absolute Gasteiger partial charge is 0.508 e. The molecule has 0 aromatic heterocycles. The minimum atomic E-state index is -4.39. The molecule has 0 saturated carbocycles. The van der Waals surface area contributed by atoms with Gasteiger partial charge in [-0.25, -0.2) is 0 Å². The number of rotatable bonds is 5. The number of aromatic hydroxyl groups is 1. The van der Waals surface area contributed by atoms with E-state index in [9.17, 15) is 23.1 Å². The smallest absolute Gasteiger partial charge is 0.401 e. The van der Waals surface area contributed by atoms with Crippen LogP contribution in [0, 0.1) is 0 Å². The Bertz CT molecular complexity index is 461. The van der Waals surface area contributed by atoms with Crippen molar-refractivity contribution in [1.82, 2.24) is 9.80 Å². The lowest BCUT2D eigenvalue weighted by Crippen LogP contribution is -2.41. The summed E-state index contributed by atoms with van der Waals surface area (Å²) in [6.07, 6.45) is -4.39. The van der Waals surface area contributed by atoms with E-state index in [-0.39, 0.29) is 18.8 Å². The molecule has 0 bridgehead atoms. The summed E-state index contributed by atoms with van der Waals surface area (Å²) in [6.45, 7) is -1.57. The number of alkyl halides is 3. The maximum atomic E-state index is 12.5. The van der Waals surface area contributed by atoms with E-state index in [2.05, 4.69) is 0 Å². The number of amides is 1. The molecular weight excluding hydrogens is 273 g/mol. The number of likely N-dealkylation sites (N-methyl/N-ethyl adjacent to an activating group) is 1. The van der Waals surface area contributed by atoms with Crippen molar-refractivity contribution in [1.29, 1.82) is 0 Å². The fourth-order valence-electron chi connectivity index (χ4n) is 1.67. The SMILES string of the molecule is CN(C)C(=O)CN(Cc1cccc(O)c1)CC(F)(F)F. The molecule has 1 rings (SSSR count). The summed E-state index contributed by atoms with van der Waals surface area (Å²) in [5, 5.41) is 9.31. The standard InChI is InChI=1S/C13H17F3N2O2/c1-17(2)12(20)8-18(9-13(14,15)16)7-10-4-3-5-11(19)6-10/h3-6,19H,7-9H2,1-2H3. The van der Waals surface area contributed by atoms with Crippen molar-refractivity contribution < 1.29 is 23.1 Å². The van der Waals surface area contributed by atoms with Gasteiger partial charge in [0.2, 0.25) is 5.91 Å². The second kappa shape index (κ2) is 6.60. The van der Waals surface area contributed by atoms with Gasteiger partial charge in [-0.15, -0.1) is 0 Å². The Hall–Kier alpha value is -1.76. The molecule has 0 atom stereocenters. The molecule has 0 aliphatic heterocycles. The molecule has 0 unspecified atom stereocenters. The van der Waals surface area contributed by atoms with Crippen molar-refractivity contribution in [3.8, 4) is 5.75 Å². The molecular formula is C13H17F3N2O2. The van der Waals surface area contributed by atoms with E-state index >= 15 is 0 Å². The highest BCUT2D eigenvalue weighted by Crippen LogP contribution is 2.19. The van der Waals surface area contributed by atoms with E-state index in [0.717, 1.165) is 4.90 Å². The van der Waals surface area contributed by atoms with Gasteiger partial charge in [0.1, 0.15) is 5.75 Å². The molecule has 0 fully saturated rings. The average Bonchev–Trinajstić information content (AvgIpc) is 2.26. The van der Waals surface area contributed by atoms with Gasteiger partial charge in [-0.2, -0.15) is 13.2 Å². The van der Waals surface area contributed by atoms with Crippen LogP contribution in [-0.4, -0.2) is 54.2 Å². The van der Waals surface area contributed by atoms with Crippen LogP contribution in [0.15, 0.2) is 24.3 Å². The third-order valence-electron chi connectivity index (χ3n) is 2.58. The van der Waals surface area contributed by atoms with Gasteiger partial charge in [0, 0.05) is 20.6 Å². The van der Waals surface area contributed by atoms with Gasteiger partial charge < -0.3 is 10.0 Å². The fourth-order valence-corrected chi connectivity index (χ4v) is 1.67. The number of carbonyl (C=O) groups excluding carboxylic acids is 1. The first-order chi connectivity index (χ1) is 9.17. The molecule has 0 aliphatic carbocycles. The molecule has 0 spiro atoms. The zero-order valence-electron chi connectivity index (χ0n) is 11.3. The van der Waals surface area contributed by atoms with Crippen LogP contribution >= 0.6 is 0 Å². The lowest BCUT2D eigenvalue weighted by molar-refractivity contribution is -0.151. The molecule has 0 radical (unpaired) electrons. The van der Waals surface area contributed by atoms with E-state index in [1.54, 1.807) is 12.1 Å². The monoisotopic (exact) mass is 290 g/mol. The minimum Gasteiger partial charge on any atom is -0.508 e. The van der Waals surface area contributed by atoms with Gasteiger partial charge in [0.25, 0.3) is 0 Å². The van der Waals surface area contributed by atoms with Crippen molar-refractivity contribution in [3.63, 3.8) is 0 Å². The Morgan fingerprint density at radius 1 is 1.30 bits per heavy atom. The summed E-state index contributed by atoms with van der Waals surface area (Å²) >= 11 is 0. The number of carbonyl (C=O) groups is 1. The Morgan fingerprint density at radius 3 is 2.45 bits per heavy atom. The predicted octanol–water partition coefficient (Wildman–Crippen LogP) is 1.84. The Morgan fingerprint density at radius 2 is 1.95 bits per heavy atom. The van der Waals surface area contributed by atoms with Crippen LogP contribution in [0.5, 0.6) is 5.75 Å². The third kappa shape index (κ3) is 5.92. The van der Waals surface area contributed by atoms with Crippen LogP contribution in [0.3, 0.4) is 0 Å². The number of nitrogens with zero attached hydrogens (tertiary/aromatic N) is 2. The summed E-state index contributed by atoms with van der Waals surface area (Å²) in [4.78, 5) is 13.8. The lowest BCUT2D eigenvalue weighted by Gasteiger charge is -2.24. The Kier molecular flexibility index (Phi) is 5.38. The zero-order chi connectivity index (χ0) is 15.3. The average molecular weight is 290 g/mol. The van der Waals surface area contributed by atoms with Gasteiger partial charge in [-0.05, 0) is 17.7 Å². The van der Waals surface area contributed by atoms with Crippen molar-refractivity contribution in [2.75, 3.05) is 27.2 Å². The van der Waals surface area contributed by atoms with Crippen molar-refractivity contribution >= 4 is 5.91 Å². The zero-order valence-corrected chi connectivity index (χ0v) is 11.3. The number of phenolic OH excluding ortho intramolecular Hbond substituents is 1. The number of phenols is 1. The van der Waals surface area contributed by atoms with E-state index in [1.165, 1.54) is 31.1 Å². The predicted molar refractivity (Wildman–Crippen MR) is 68.1 cm³/mol. The number of hydrogen-bond acceptors (Lipinski definition) is 3. The second-order valence-electron chi connectivity index (χ2n) is 4.72. The number of halogens is 3. The van der Waals surface area contributed by atoms with Crippen LogP contribution in [0.2, 0.25) is 0 Å². The first-order valence-corrected chi connectivity index (χ1v) is 5.94. The van der Waals surface area contributed by atoms with E-state index in [4.69, 9.17) is 0 Å². The van der Waals surface area contributed by atoms with Gasteiger partial charge in [-0.3, -0.25) is 9.69 Å². The molecule has 112 valence electrons. The summed E-state index contributed by atoms with van der Waals surface area (Å²) in [5.41, 5.74) is 0.515. The Balaban J connectivity index is 2.79. The quantitative estimate of drug-likeness (QED) is 0.900. The topological polar surface area (TPSA) is 43.8 Å². The van der Waals surface area contributed by atoms with Gasteiger partial charge in [0.15, 0.2) is 0 Å². The molecule has 1 amide bonds. The molecule has 7 heteroatoms. The fraction of sp³-hybridized carbons (Fsp3) is 0.462. The molecule has 20 heavy (non-hydrogen) atoms. The van der Waals surface area contributed by atoms with Crippen LogP contribution in [-0.2, 0) is 11.3 Å². The van der Waals surface area contributed by atoms with Crippen LogP contribution in [0.4, 0.5) is 13.2 Å². The molecule has 1 aromatic carbocycles. The normalized spacial score (nSPS) is 11.7. The summed E-state index contributed by atoms with van der Waals surface area (Å²) in [7, 11) is 2.98. The van der Waals surface area contributed by atoms with Gasteiger partial charge in [-0.1, -0.05) is 12.1 Å².